The third-order valence-electron chi connectivity index (χ3n) is 5.28. The lowest BCUT2D eigenvalue weighted by molar-refractivity contribution is 0.412. The van der Waals surface area contributed by atoms with Crippen LogP contribution in [0.5, 0.6) is 11.5 Å². The Kier molecular flexibility index (Phi) is 7.63. The summed E-state index contributed by atoms with van der Waals surface area (Å²) in [7, 11) is 0. The third-order valence-corrected chi connectivity index (χ3v) is 5.28. The van der Waals surface area contributed by atoms with Crippen LogP contribution in [0.2, 0.25) is 0 Å². The molecule has 138 valence electrons. The van der Waals surface area contributed by atoms with Crippen molar-refractivity contribution >= 4 is 0 Å². The van der Waals surface area contributed by atoms with Crippen LogP contribution in [0.25, 0.3) is 0 Å². The maximum Gasteiger partial charge on any atom is 0.123 e. The van der Waals surface area contributed by atoms with Crippen LogP contribution in [0.4, 0.5) is 0 Å². The first-order valence-electron chi connectivity index (χ1n) is 9.65. The molecule has 0 saturated heterocycles. The van der Waals surface area contributed by atoms with Crippen LogP contribution in [-0.2, 0) is 11.8 Å². The molecule has 0 aromatic heterocycles. The standard InChI is InChI=1S/C22H38O2/c1-8-9-10-11-12-15(2)13-14-18-19(22(5,6)7)21(24)17(4)16(3)20(18)23/h15,23-24H,8-14H2,1-7H3. The summed E-state index contributed by atoms with van der Waals surface area (Å²) < 4.78 is 0. The van der Waals surface area contributed by atoms with E-state index in [2.05, 4.69) is 34.6 Å². The van der Waals surface area contributed by atoms with E-state index in [0.717, 1.165) is 35.1 Å². The monoisotopic (exact) mass is 334 g/mol. The minimum Gasteiger partial charge on any atom is -0.507 e. The number of phenols is 2. The van der Waals surface area contributed by atoms with Crippen molar-refractivity contribution in [2.24, 2.45) is 5.92 Å². The fourth-order valence-electron chi connectivity index (χ4n) is 3.54. The van der Waals surface area contributed by atoms with Gasteiger partial charge in [-0.1, -0.05) is 66.7 Å². The summed E-state index contributed by atoms with van der Waals surface area (Å²) >= 11 is 0. The molecule has 1 aromatic carbocycles. The largest absolute Gasteiger partial charge is 0.507 e. The zero-order chi connectivity index (χ0) is 18.5. The van der Waals surface area contributed by atoms with Crippen LogP contribution in [0.15, 0.2) is 0 Å². The molecule has 0 amide bonds. The van der Waals surface area contributed by atoms with E-state index >= 15 is 0 Å². The van der Waals surface area contributed by atoms with Crippen molar-refractivity contribution < 1.29 is 10.2 Å². The SMILES string of the molecule is CCCCCCC(C)CCc1c(O)c(C)c(C)c(O)c1C(C)(C)C. The summed E-state index contributed by atoms with van der Waals surface area (Å²) in [6.07, 6.45) is 8.37. The fraction of sp³-hybridized carbons (Fsp3) is 0.727. The highest BCUT2D eigenvalue weighted by molar-refractivity contribution is 5.59. The second kappa shape index (κ2) is 8.78. The van der Waals surface area contributed by atoms with Crippen LogP contribution in [0, 0.1) is 19.8 Å². The molecule has 0 spiro atoms. The molecule has 0 aliphatic rings. The summed E-state index contributed by atoms with van der Waals surface area (Å²) in [6.45, 7) is 14.6. The zero-order valence-electron chi connectivity index (χ0n) is 16.9. The van der Waals surface area contributed by atoms with Gasteiger partial charge in [-0.2, -0.15) is 0 Å². The molecule has 2 nitrogen and oxygen atoms in total. The Morgan fingerprint density at radius 2 is 1.46 bits per heavy atom. The number of phenolic OH excluding ortho intramolecular Hbond substituents is 2. The van der Waals surface area contributed by atoms with Crippen molar-refractivity contribution in [3.63, 3.8) is 0 Å². The molecule has 1 rings (SSSR count). The summed E-state index contributed by atoms with van der Waals surface area (Å²) in [5.41, 5.74) is 3.30. The average molecular weight is 335 g/mol. The minimum absolute atomic E-state index is 0.181. The van der Waals surface area contributed by atoms with Crippen molar-refractivity contribution in [1.82, 2.24) is 0 Å². The lowest BCUT2D eigenvalue weighted by Gasteiger charge is -2.28. The molecular weight excluding hydrogens is 296 g/mol. The quantitative estimate of drug-likeness (QED) is 0.418. The van der Waals surface area contributed by atoms with Crippen molar-refractivity contribution in [3.8, 4) is 11.5 Å². The number of hydrogen-bond donors (Lipinski definition) is 2. The molecule has 1 unspecified atom stereocenters. The van der Waals surface area contributed by atoms with E-state index in [1.165, 1.54) is 32.1 Å². The highest BCUT2D eigenvalue weighted by atomic mass is 16.3. The smallest absolute Gasteiger partial charge is 0.123 e. The van der Waals surface area contributed by atoms with Crippen LogP contribution in [0.1, 0.15) is 95.4 Å². The molecule has 0 heterocycles. The van der Waals surface area contributed by atoms with Gasteiger partial charge in [0.25, 0.3) is 0 Å². The third kappa shape index (κ3) is 5.16. The summed E-state index contributed by atoms with van der Waals surface area (Å²) in [5.74, 6) is 1.40. The maximum atomic E-state index is 10.7. The van der Waals surface area contributed by atoms with Gasteiger partial charge in [-0.05, 0) is 49.1 Å². The van der Waals surface area contributed by atoms with E-state index in [9.17, 15) is 10.2 Å². The second-order valence-electron chi connectivity index (χ2n) is 8.54. The first kappa shape index (κ1) is 20.9. The van der Waals surface area contributed by atoms with Gasteiger partial charge in [-0.3, -0.25) is 0 Å². The van der Waals surface area contributed by atoms with Crippen molar-refractivity contribution in [3.05, 3.63) is 22.3 Å². The Bertz CT molecular complexity index is 538. The first-order valence-corrected chi connectivity index (χ1v) is 9.65. The minimum atomic E-state index is -0.181. The second-order valence-corrected chi connectivity index (χ2v) is 8.54. The van der Waals surface area contributed by atoms with Gasteiger partial charge in [0.2, 0.25) is 0 Å². The Balaban J connectivity index is 2.95. The van der Waals surface area contributed by atoms with Gasteiger partial charge in [-0.25, -0.2) is 0 Å². The Labute approximate surface area is 149 Å². The van der Waals surface area contributed by atoms with Crippen LogP contribution < -0.4 is 0 Å². The normalized spacial score (nSPS) is 13.3. The van der Waals surface area contributed by atoms with E-state index in [1.807, 2.05) is 13.8 Å². The van der Waals surface area contributed by atoms with Crippen LogP contribution in [0.3, 0.4) is 0 Å². The number of rotatable bonds is 8. The molecule has 0 radical (unpaired) electrons. The fourth-order valence-corrected chi connectivity index (χ4v) is 3.54. The molecule has 0 saturated carbocycles. The van der Waals surface area contributed by atoms with Gasteiger partial charge in [0.15, 0.2) is 0 Å². The summed E-state index contributed by atoms with van der Waals surface area (Å²) in [5, 5.41) is 21.4. The van der Waals surface area contributed by atoms with E-state index < -0.39 is 0 Å². The average Bonchev–Trinajstić information content (AvgIpc) is 2.50. The van der Waals surface area contributed by atoms with E-state index in [4.69, 9.17) is 0 Å². The highest BCUT2D eigenvalue weighted by Gasteiger charge is 2.27. The summed E-state index contributed by atoms with van der Waals surface area (Å²) in [6, 6.07) is 0. The molecule has 0 aliphatic heterocycles. The number of benzene rings is 1. The van der Waals surface area contributed by atoms with Gasteiger partial charge in [-0.15, -0.1) is 0 Å². The lowest BCUT2D eigenvalue weighted by Crippen LogP contribution is -2.16. The highest BCUT2D eigenvalue weighted by Crippen LogP contribution is 2.43. The van der Waals surface area contributed by atoms with E-state index in [-0.39, 0.29) is 5.41 Å². The van der Waals surface area contributed by atoms with E-state index in [1.54, 1.807) is 0 Å². The van der Waals surface area contributed by atoms with Gasteiger partial charge in [0.05, 0.1) is 0 Å². The topological polar surface area (TPSA) is 40.5 Å². The predicted octanol–water partition coefficient (Wildman–Crippen LogP) is 6.55. The molecule has 24 heavy (non-hydrogen) atoms. The van der Waals surface area contributed by atoms with Crippen LogP contribution >= 0.6 is 0 Å². The number of unbranched alkanes of at least 4 members (excludes halogenated alkanes) is 3. The van der Waals surface area contributed by atoms with Gasteiger partial charge >= 0.3 is 0 Å². The van der Waals surface area contributed by atoms with Gasteiger partial charge in [0.1, 0.15) is 11.5 Å². The molecule has 1 aromatic rings. The molecule has 2 N–H and O–H groups in total. The molecule has 0 bridgehead atoms. The van der Waals surface area contributed by atoms with Crippen LogP contribution in [-0.4, -0.2) is 10.2 Å². The van der Waals surface area contributed by atoms with Crippen molar-refractivity contribution in [2.75, 3.05) is 0 Å². The lowest BCUT2D eigenvalue weighted by atomic mass is 9.78. The first-order chi connectivity index (χ1) is 11.1. The molecular formula is C22H38O2. The predicted molar refractivity (Wildman–Crippen MR) is 104 cm³/mol. The molecule has 0 fully saturated rings. The summed E-state index contributed by atoms with van der Waals surface area (Å²) in [4.78, 5) is 0. The molecule has 2 heteroatoms. The van der Waals surface area contributed by atoms with Gasteiger partial charge in [0, 0.05) is 11.1 Å². The molecule has 1 atom stereocenters. The Hall–Kier alpha value is -1.18. The zero-order valence-corrected chi connectivity index (χ0v) is 16.9. The Morgan fingerprint density at radius 3 is 2.00 bits per heavy atom. The van der Waals surface area contributed by atoms with Crippen molar-refractivity contribution in [1.29, 1.82) is 0 Å². The number of hydrogen-bond acceptors (Lipinski definition) is 2. The molecule has 0 aliphatic carbocycles. The maximum absolute atomic E-state index is 10.7. The van der Waals surface area contributed by atoms with Crippen molar-refractivity contribution in [2.45, 2.75) is 98.8 Å². The van der Waals surface area contributed by atoms with Gasteiger partial charge < -0.3 is 10.2 Å². The number of aromatic hydroxyl groups is 2. The Morgan fingerprint density at radius 1 is 0.875 bits per heavy atom. The van der Waals surface area contributed by atoms with E-state index in [0.29, 0.717) is 17.4 Å².